The molecular weight excluding hydrogens is 631 g/mol. The quantitative estimate of drug-likeness (QED) is 0.206. The van der Waals surface area contributed by atoms with Crippen molar-refractivity contribution in [1.82, 2.24) is 4.90 Å². The predicted molar refractivity (Wildman–Crippen MR) is 181 cm³/mol. The van der Waals surface area contributed by atoms with Gasteiger partial charge in [-0.2, -0.15) is 0 Å². The van der Waals surface area contributed by atoms with Crippen molar-refractivity contribution in [3.05, 3.63) is 76.6 Å². The molecule has 3 aliphatic rings. The predicted octanol–water partition coefficient (Wildman–Crippen LogP) is 6.19. The van der Waals surface area contributed by atoms with E-state index in [-0.39, 0.29) is 44.5 Å². The molecular formula is C38H45FN2O8. The zero-order chi connectivity index (χ0) is 34.7. The van der Waals surface area contributed by atoms with E-state index < -0.39 is 23.8 Å². The van der Waals surface area contributed by atoms with Crippen molar-refractivity contribution in [3.63, 3.8) is 0 Å². The van der Waals surface area contributed by atoms with Crippen LogP contribution in [0.3, 0.4) is 0 Å². The number of halogens is 1. The Bertz CT molecular complexity index is 1680. The summed E-state index contributed by atoms with van der Waals surface area (Å²) in [5.74, 6) is -0.580. The summed E-state index contributed by atoms with van der Waals surface area (Å²) in [6.45, 7) is 5.99. The Labute approximate surface area is 286 Å². The highest BCUT2D eigenvalue weighted by atomic mass is 19.1. The molecule has 262 valence electrons. The number of carboxylic acid groups (broad SMARTS) is 1. The molecule has 3 heterocycles. The number of hydrogen-bond acceptors (Lipinski definition) is 8. The van der Waals surface area contributed by atoms with Gasteiger partial charge in [-0.3, -0.25) is 14.5 Å². The number of aryl methyl sites for hydroxylation is 2. The number of ether oxygens (including phenoxy) is 4. The second-order valence-electron chi connectivity index (χ2n) is 13.2. The maximum atomic E-state index is 14.6. The minimum absolute atomic E-state index is 0.0185. The van der Waals surface area contributed by atoms with Crippen molar-refractivity contribution in [2.75, 3.05) is 31.6 Å². The molecule has 2 N–H and O–H groups in total. The first-order chi connectivity index (χ1) is 23.7. The van der Waals surface area contributed by atoms with E-state index >= 15 is 0 Å². The largest absolute Gasteiger partial charge is 0.481 e. The van der Waals surface area contributed by atoms with Crippen LogP contribution in [0.1, 0.15) is 74.1 Å². The molecule has 0 aliphatic carbocycles. The second-order valence-corrected chi connectivity index (χ2v) is 13.2. The monoisotopic (exact) mass is 676 g/mol. The number of aliphatic hydroxyl groups excluding tert-OH is 1. The number of rotatable bonds is 14. The highest BCUT2D eigenvalue weighted by molar-refractivity contribution is 5.95. The molecule has 11 heteroatoms. The van der Waals surface area contributed by atoms with Crippen LogP contribution in [0.15, 0.2) is 48.5 Å². The van der Waals surface area contributed by atoms with Crippen molar-refractivity contribution in [3.8, 4) is 23.0 Å². The van der Waals surface area contributed by atoms with Crippen LogP contribution in [0.4, 0.5) is 10.1 Å². The Morgan fingerprint density at radius 3 is 2.35 bits per heavy atom. The lowest BCUT2D eigenvalue weighted by atomic mass is 9.82. The number of aliphatic carboxylic acids is 1. The summed E-state index contributed by atoms with van der Waals surface area (Å²) in [4.78, 5) is 31.6. The summed E-state index contributed by atoms with van der Waals surface area (Å²) in [6, 6.07) is 13.4. The van der Waals surface area contributed by atoms with E-state index in [0.717, 1.165) is 31.2 Å². The first kappa shape index (κ1) is 34.5. The number of carboxylic acids is 1. The second kappa shape index (κ2) is 15.0. The fourth-order valence-electron chi connectivity index (χ4n) is 7.78. The van der Waals surface area contributed by atoms with Crippen molar-refractivity contribution in [2.24, 2.45) is 5.92 Å². The number of carbonyl (C=O) groups is 2. The molecule has 6 rings (SSSR count). The number of hydrogen-bond donors (Lipinski definition) is 2. The summed E-state index contributed by atoms with van der Waals surface area (Å²) in [6.07, 6.45) is 4.26. The van der Waals surface area contributed by atoms with Crippen molar-refractivity contribution in [2.45, 2.75) is 83.9 Å². The minimum Gasteiger partial charge on any atom is -0.481 e. The lowest BCUT2D eigenvalue weighted by Crippen LogP contribution is -2.48. The number of carbonyl (C=O) groups excluding carboxylic acids is 1. The third-order valence-electron chi connectivity index (χ3n) is 10.0. The number of fused-ring (bicyclic) bond motifs is 2. The van der Waals surface area contributed by atoms with Gasteiger partial charge >= 0.3 is 5.97 Å². The zero-order valence-electron chi connectivity index (χ0n) is 28.3. The SMILES string of the molecule is CCCC(CCC)N(C(=O)CN1C[C@H](c2cc(CO)c3c(c2)OCO3)[C@@H](C(=O)O)[C@@H]1CCc1cccc2c1OCO2)c1ccc(F)c(C)c1. The molecule has 1 fully saturated rings. The lowest BCUT2D eigenvalue weighted by molar-refractivity contribution is -0.143. The Kier molecular flexibility index (Phi) is 10.6. The third-order valence-corrected chi connectivity index (χ3v) is 10.0. The summed E-state index contributed by atoms with van der Waals surface area (Å²) < 4.78 is 37.0. The summed E-state index contributed by atoms with van der Waals surface area (Å²) in [5.41, 5.74) is 3.24. The number of nitrogens with zero attached hydrogens (tertiary/aromatic N) is 2. The van der Waals surface area contributed by atoms with Crippen molar-refractivity contribution >= 4 is 17.6 Å². The van der Waals surface area contributed by atoms with Crippen molar-refractivity contribution in [1.29, 1.82) is 0 Å². The maximum absolute atomic E-state index is 14.6. The van der Waals surface area contributed by atoms with Gasteiger partial charge in [-0.05, 0) is 85.7 Å². The first-order valence-corrected chi connectivity index (χ1v) is 17.2. The molecule has 3 aliphatic heterocycles. The third kappa shape index (κ3) is 7.05. The van der Waals surface area contributed by atoms with Gasteiger partial charge in [0.15, 0.2) is 23.0 Å². The molecule has 1 amide bonds. The van der Waals surface area contributed by atoms with Crippen molar-refractivity contribution < 1.29 is 43.1 Å². The molecule has 0 unspecified atom stereocenters. The van der Waals surface area contributed by atoms with Crippen LogP contribution in [0.5, 0.6) is 23.0 Å². The van der Waals surface area contributed by atoms with Gasteiger partial charge in [0, 0.05) is 35.8 Å². The van der Waals surface area contributed by atoms with Crippen LogP contribution in [-0.2, 0) is 22.6 Å². The van der Waals surface area contributed by atoms with E-state index in [1.165, 1.54) is 6.07 Å². The van der Waals surface area contributed by atoms with Crippen LogP contribution in [0.25, 0.3) is 0 Å². The molecule has 3 aromatic carbocycles. The Hall–Kier alpha value is -4.35. The standard InChI is InChI=1S/C38H45FN2O8/c1-4-7-27(8-5-2)41(28-12-13-30(39)23(3)15-28)34(43)19-40-18-29(25-16-26(20-42)37-33(17-25)47-22-49-37)35(38(44)45)31(40)14-11-24-9-6-10-32-36(24)48-21-46-32/h6,9-10,12-13,15-17,27,29,31,35,42H,4-5,7-8,11,14,18-22H2,1-3H3,(H,44,45)/t29-,31+,35-/m1/s1. The topological polar surface area (TPSA) is 118 Å². The smallest absolute Gasteiger partial charge is 0.308 e. The van der Waals surface area contributed by atoms with E-state index in [1.807, 2.05) is 23.1 Å². The molecule has 0 saturated carbocycles. The van der Waals surface area contributed by atoms with E-state index in [0.29, 0.717) is 64.8 Å². The molecule has 1 saturated heterocycles. The van der Waals surface area contributed by atoms with Gasteiger partial charge in [-0.15, -0.1) is 0 Å². The highest BCUT2D eigenvalue weighted by Crippen LogP contribution is 2.45. The Morgan fingerprint density at radius 1 is 0.959 bits per heavy atom. The summed E-state index contributed by atoms with van der Waals surface area (Å²) in [7, 11) is 0. The van der Waals surface area contributed by atoms with E-state index in [9.17, 15) is 24.2 Å². The fraction of sp³-hybridized carbons (Fsp3) is 0.474. The van der Waals surface area contributed by atoms with Crippen LogP contribution >= 0.6 is 0 Å². The fourth-order valence-corrected chi connectivity index (χ4v) is 7.78. The molecule has 49 heavy (non-hydrogen) atoms. The number of aliphatic hydroxyl groups is 1. The van der Waals surface area contributed by atoms with Crippen LogP contribution in [-0.4, -0.2) is 65.7 Å². The molecule has 0 spiro atoms. The average Bonchev–Trinajstić information content (AvgIpc) is 3.84. The molecule has 10 nitrogen and oxygen atoms in total. The molecule has 0 bridgehead atoms. The summed E-state index contributed by atoms with van der Waals surface area (Å²) >= 11 is 0. The van der Waals surface area contributed by atoms with Crippen LogP contribution in [0, 0.1) is 18.7 Å². The number of amides is 1. The summed E-state index contributed by atoms with van der Waals surface area (Å²) in [5, 5.41) is 20.9. The minimum atomic E-state index is -0.966. The lowest BCUT2D eigenvalue weighted by Gasteiger charge is -2.35. The van der Waals surface area contributed by atoms with E-state index in [1.54, 1.807) is 36.1 Å². The molecule has 3 aromatic rings. The van der Waals surface area contributed by atoms with Gasteiger partial charge in [0.25, 0.3) is 0 Å². The van der Waals surface area contributed by atoms with Gasteiger partial charge < -0.3 is 34.1 Å². The highest BCUT2D eigenvalue weighted by Gasteiger charge is 2.48. The van der Waals surface area contributed by atoms with Gasteiger partial charge in [0.05, 0.1) is 19.1 Å². The van der Waals surface area contributed by atoms with E-state index in [2.05, 4.69) is 13.8 Å². The van der Waals surface area contributed by atoms with Gasteiger partial charge in [0.2, 0.25) is 19.5 Å². The Morgan fingerprint density at radius 2 is 1.67 bits per heavy atom. The van der Waals surface area contributed by atoms with Gasteiger partial charge in [-0.25, -0.2) is 4.39 Å². The van der Waals surface area contributed by atoms with Crippen LogP contribution in [0.2, 0.25) is 0 Å². The number of benzene rings is 3. The first-order valence-electron chi connectivity index (χ1n) is 17.2. The maximum Gasteiger partial charge on any atom is 0.308 e. The molecule has 3 atom stereocenters. The number of likely N-dealkylation sites (tertiary alicyclic amines) is 1. The Balaban J connectivity index is 1.37. The number of para-hydroxylation sites is 1. The van der Waals surface area contributed by atoms with Gasteiger partial charge in [-0.1, -0.05) is 38.8 Å². The molecule has 0 radical (unpaired) electrons. The van der Waals surface area contributed by atoms with E-state index in [4.69, 9.17) is 18.9 Å². The molecule has 0 aromatic heterocycles. The number of anilines is 1. The average molecular weight is 677 g/mol. The normalized spacial score (nSPS) is 19.5. The zero-order valence-corrected chi connectivity index (χ0v) is 28.3. The van der Waals surface area contributed by atoms with Crippen LogP contribution < -0.4 is 23.8 Å². The van der Waals surface area contributed by atoms with Gasteiger partial charge in [0.1, 0.15) is 5.82 Å².